The van der Waals surface area contributed by atoms with Gasteiger partial charge in [-0.2, -0.15) is 4.31 Å². The molecule has 2 aromatic rings. The van der Waals surface area contributed by atoms with Crippen molar-refractivity contribution in [2.24, 2.45) is 5.92 Å². The number of hydrogen-bond donors (Lipinski definition) is 1. The van der Waals surface area contributed by atoms with Crippen LogP contribution in [0.2, 0.25) is 0 Å². The molecule has 8 heteroatoms. The predicted molar refractivity (Wildman–Crippen MR) is 117 cm³/mol. The van der Waals surface area contributed by atoms with Gasteiger partial charge in [-0.25, -0.2) is 12.8 Å². The van der Waals surface area contributed by atoms with Crippen molar-refractivity contribution >= 4 is 27.3 Å². The molecule has 0 aliphatic carbocycles. The Morgan fingerprint density at radius 1 is 1.10 bits per heavy atom. The topological polar surface area (TPSA) is 69.7 Å². The summed E-state index contributed by atoms with van der Waals surface area (Å²) in [5.41, 5.74) is 1.78. The van der Waals surface area contributed by atoms with Crippen LogP contribution >= 0.6 is 0 Å². The number of amides is 1. The van der Waals surface area contributed by atoms with Gasteiger partial charge in [0.2, 0.25) is 15.9 Å². The number of piperidine rings is 1. The molecule has 1 fully saturated rings. The number of nitrogens with one attached hydrogen (secondary N) is 1. The lowest BCUT2D eigenvalue weighted by Crippen LogP contribution is -2.43. The van der Waals surface area contributed by atoms with Crippen LogP contribution < -0.4 is 10.2 Å². The second-order valence-corrected chi connectivity index (χ2v) is 9.30. The van der Waals surface area contributed by atoms with Crippen molar-refractivity contribution in [2.75, 3.05) is 36.4 Å². The fourth-order valence-electron chi connectivity index (χ4n) is 3.72. The highest BCUT2D eigenvalue weighted by atomic mass is 32.2. The summed E-state index contributed by atoms with van der Waals surface area (Å²) >= 11 is 0. The summed E-state index contributed by atoms with van der Waals surface area (Å²) in [6.45, 7) is 6.46. The van der Waals surface area contributed by atoms with E-state index >= 15 is 0 Å². The van der Waals surface area contributed by atoms with Gasteiger partial charge in [0.05, 0.1) is 10.8 Å². The molecular weight excluding hydrogens is 405 g/mol. The number of carbonyl (C=O) groups excluding carboxylic acids is 1. The summed E-state index contributed by atoms with van der Waals surface area (Å²) < 4.78 is 40.2. The molecule has 0 saturated carbocycles. The van der Waals surface area contributed by atoms with E-state index in [2.05, 4.69) is 24.1 Å². The summed E-state index contributed by atoms with van der Waals surface area (Å²) in [6, 6.07) is 12.4. The van der Waals surface area contributed by atoms with Crippen molar-refractivity contribution < 1.29 is 17.6 Å². The van der Waals surface area contributed by atoms with Crippen LogP contribution in [-0.4, -0.2) is 44.8 Å². The molecule has 0 radical (unpaired) electrons. The minimum atomic E-state index is -3.76. The number of halogens is 1. The summed E-state index contributed by atoms with van der Waals surface area (Å²) in [6.07, 6.45) is 1.22. The van der Waals surface area contributed by atoms with Crippen LogP contribution in [0.15, 0.2) is 53.4 Å². The highest BCUT2D eigenvalue weighted by molar-refractivity contribution is 7.89. The first-order valence-electron chi connectivity index (χ1n) is 10.3. The van der Waals surface area contributed by atoms with Gasteiger partial charge in [-0.15, -0.1) is 0 Å². The fourth-order valence-corrected chi connectivity index (χ4v) is 5.24. The minimum Gasteiger partial charge on any atom is -0.372 e. The molecule has 0 aromatic heterocycles. The molecule has 1 aliphatic heterocycles. The molecule has 1 aliphatic rings. The molecule has 1 heterocycles. The zero-order valence-corrected chi connectivity index (χ0v) is 18.2. The van der Waals surface area contributed by atoms with Crippen molar-refractivity contribution in [3.05, 3.63) is 54.3 Å². The third-order valence-electron chi connectivity index (χ3n) is 5.47. The van der Waals surface area contributed by atoms with Crippen LogP contribution in [0.3, 0.4) is 0 Å². The Hall–Kier alpha value is -2.45. The van der Waals surface area contributed by atoms with Gasteiger partial charge in [0.25, 0.3) is 0 Å². The molecule has 1 atom stereocenters. The Morgan fingerprint density at radius 2 is 1.73 bits per heavy atom. The Kier molecular flexibility index (Phi) is 7.10. The Balaban J connectivity index is 1.66. The van der Waals surface area contributed by atoms with E-state index in [1.54, 1.807) is 0 Å². The standard InChI is InChI=1S/C22H28FN3O3S/c1-3-25(4-2)20-11-9-19(10-12-20)24-22(27)17-6-5-15-26(16-17)30(28,29)21-13-7-18(23)8-14-21/h7-14,17H,3-6,15-16H2,1-2H3,(H,24,27). The van der Waals surface area contributed by atoms with Gasteiger partial charge in [-0.3, -0.25) is 4.79 Å². The molecule has 1 saturated heterocycles. The third kappa shape index (κ3) is 4.99. The first-order valence-corrected chi connectivity index (χ1v) is 11.7. The Bertz CT molecular complexity index is 958. The maximum atomic E-state index is 13.1. The first kappa shape index (κ1) is 22.2. The largest absolute Gasteiger partial charge is 0.372 e. The van der Waals surface area contributed by atoms with Crippen molar-refractivity contribution in [2.45, 2.75) is 31.6 Å². The first-order chi connectivity index (χ1) is 14.3. The molecular formula is C22H28FN3O3S. The average Bonchev–Trinajstić information content (AvgIpc) is 2.76. The number of carbonyl (C=O) groups is 1. The number of benzene rings is 2. The van der Waals surface area contributed by atoms with Crippen LogP contribution in [0, 0.1) is 11.7 Å². The van der Waals surface area contributed by atoms with Crippen molar-refractivity contribution in [1.29, 1.82) is 0 Å². The van der Waals surface area contributed by atoms with E-state index in [4.69, 9.17) is 0 Å². The third-order valence-corrected chi connectivity index (χ3v) is 7.35. The van der Waals surface area contributed by atoms with E-state index in [9.17, 15) is 17.6 Å². The van der Waals surface area contributed by atoms with E-state index in [1.807, 2.05) is 24.3 Å². The van der Waals surface area contributed by atoms with Crippen LogP contribution in [0.1, 0.15) is 26.7 Å². The predicted octanol–water partition coefficient (Wildman–Crippen LogP) is 3.71. The van der Waals surface area contributed by atoms with Crippen LogP contribution in [0.5, 0.6) is 0 Å². The normalized spacial score (nSPS) is 17.5. The number of sulfonamides is 1. The number of anilines is 2. The molecule has 162 valence electrons. The number of nitrogens with zero attached hydrogens (tertiary/aromatic N) is 2. The smallest absolute Gasteiger partial charge is 0.243 e. The summed E-state index contributed by atoms with van der Waals surface area (Å²) in [7, 11) is -3.76. The quantitative estimate of drug-likeness (QED) is 0.723. The monoisotopic (exact) mass is 433 g/mol. The van der Waals surface area contributed by atoms with Gasteiger partial charge in [0.1, 0.15) is 5.82 Å². The summed E-state index contributed by atoms with van der Waals surface area (Å²) in [4.78, 5) is 15.0. The average molecular weight is 434 g/mol. The Labute approximate surface area is 177 Å². The van der Waals surface area contributed by atoms with E-state index in [1.165, 1.54) is 16.4 Å². The lowest BCUT2D eigenvalue weighted by atomic mass is 9.98. The molecule has 1 unspecified atom stereocenters. The molecule has 30 heavy (non-hydrogen) atoms. The van der Waals surface area contributed by atoms with Gasteiger partial charge in [-0.1, -0.05) is 0 Å². The van der Waals surface area contributed by atoms with Crippen LogP contribution in [-0.2, 0) is 14.8 Å². The molecule has 3 rings (SSSR count). The zero-order chi connectivity index (χ0) is 21.7. The van der Waals surface area contributed by atoms with E-state index < -0.39 is 21.8 Å². The van der Waals surface area contributed by atoms with Gasteiger partial charge < -0.3 is 10.2 Å². The maximum absolute atomic E-state index is 13.1. The molecule has 1 amide bonds. The fraction of sp³-hybridized carbons (Fsp3) is 0.409. The van der Waals surface area contributed by atoms with Crippen LogP contribution in [0.25, 0.3) is 0 Å². The lowest BCUT2D eigenvalue weighted by molar-refractivity contribution is -0.120. The SMILES string of the molecule is CCN(CC)c1ccc(NC(=O)C2CCCN(S(=O)(=O)c3ccc(F)cc3)C2)cc1. The molecule has 6 nitrogen and oxygen atoms in total. The van der Waals surface area contributed by atoms with Gasteiger partial charge >= 0.3 is 0 Å². The minimum absolute atomic E-state index is 0.0388. The van der Waals surface area contributed by atoms with Gasteiger partial charge in [0, 0.05) is 37.6 Å². The highest BCUT2D eigenvalue weighted by Crippen LogP contribution is 2.25. The highest BCUT2D eigenvalue weighted by Gasteiger charge is 2.33. The van der Waals surface area contributed by atoms with Crippen LogP contribution in [0.4, 0.5) is 15.8 Å². The molecule has 0 bridgehead atoms. The maximum Gasteiger partial charge on any atom is 0.243 e. The number of hydrogen-bond acceptors (Lipinski definition) is 4. The molecule has 1 N–H and O–H groups in total. The lowest BCUT2D eigenvalue weighted by Gasteiger charge is -2.31. The Morgan fingerprint density at radius 3 is 2.33 bits per heavy atom. The molecule has 2 aromatic carbocycles. The van der Waals surface area contributed by atoms with Gasteiger partial charge in [-0.05, 0) is 75.2 Å². The zero-order valence-electron chi connectivity index (χ0n) is 17.3. The van der Waals surface area contributed by atoms with Crippen molar-refractivity contribution in [3.8, 4) is 0 Å². The van der Waals surface area contributed by atoms with E-state index in [-0.39, 0.29) is 17.3 Å². The number of rotatable bonds is 7. The second kappa shape index (κ2) is 9.57. The van der Waals surface area contributed by atoms with E-state index in [0.717, 1.165) is 30.9 Å². The summed E-state index contributed by atoms with van der Waals surface area (Å²) in [5.74, 6) is -1.11. The van der Waals surface area contributed by atoms with Gasteiger partial charge in [0.15, 0.2) is 0 Å². The van der Waals surface area contributed by atoms with Crippen molar-refractivity contribution in [1.82, 2.24) is 4.31 Å². The van der Waals surface area contributed by atoms with E-state index in [0.29, 0.717) is 25.1 Å². The summed E-state index contributed by atoms with van der Waals surface area (Å²) in [5, 5.41) is 2.90. The second-order valence-electron chi connectivity index (χ2n) is 7.36. The molecule has 0 spiro atoms. The van der Waals surface area contributed by atoms with Crippen molar-refractivity contribution in [3.63, 3.8) is 0 Å².